The third-order valence-corrected chi connectivity index (χ3v) is 4.66. The highest BCUT2D eigenvalue weighted by Crippen LogP contribution is 2.28. The molecular weight excluding hydrogens is 294 g/mol. The van der Waals surface area contributed by atoms with Crippen LogP contribution in [0.2, 0.25) is 0 Å². The Kier molecular flexibility index (Phi) is 6.92. The number of carbonyl (C=O) groups is 1. The van der Waals surface area contributed by atoms with Gasteiger partial charge >= 0.3 is 6.03 Å². The van der Waals surface area contributed by atoms with E-state index < -0.39 is 6.10 Å². The van der Waals surface area contributed by atoms with Crippen molar-refractivity contribution in [2.75, 3.05) is 27.2 Å². The number of rotatable bonds is 7. The van der Waals surface area contributed by atoms with Crippen molar-refractivity contribution in [3.8, 4) is 0 Å². The van der Waals surface area contributed by atoms with Gasteiger partial charge in [0.2, 0.25) is 0 Å². The highest BCUT2D eigenvalue weighted by molar-refractivity contribution is 5.73. The van der Waals surface area contributed by atoms with Crippen LogP contribution in [0.5, 0.6) is 0 Å². The number of nitrogens with zero attached hydrogens (tertiary/aromatic N) is 1. The number of urea groups is 1. The van der Waals surface area contributed by atoms with Crippen LogP contribution in [0.4, 0.5) is 4.79 Å². The summed E-state index contributed by atoms with van der Waals surface area (Å²) < 4.78 is 5.11. The molecule has 0 saturated heterocycles. The highest BCUT2D eigenvalue weighted by atomic mass is 16.4. The SMILES string of the molecule is CN(C)C(CNC(=O)NCC(O)c1ccco1)C1CCCCC1. The summed E-state index contributed by atoms with van der Waals surface area (Å²) in [5.41, 5.74) is 0. The molecule has 1 aromatic rings. The molecule has 0 aromatic carbocycles. The number of likely N-dealkylation sites (N-methyl/N-ethyl adjacent to an activating group) is 1. The number of hydrogen-bond acceptors (Lipinski definition) is 4. The summed E-state index contributed by atoms with van der Waals surface area (Å²) in [6.07, 6.45) is 7.07. The van der Waals surface area contributed by atoms with E-state index >= 15 is 0 Å². The number of aliphatic hydroxyl groups is 1. The van der Waals surface area contributed by atoms with Crippen molar-refractivity contribution in [1.29, 1.82) is 0 Å². The molecule has 0 aliphatic heterocycles. The van der Waals surface area contributed by atoms with Crippen LogP contribution in [0.3, 0.4) is 0 Å². The molecular formula is C17H29N3O3. The molecule has 6 heteroatoms. The maximum atomic E-state index is 11.9. The third kappa shape index (κ3) is 5.55. The Morgan fingerprint density at radius 2 is 2.00 bits per heavy atom. The van der Waals surface area contributed by atoms with Crippen LogP contribution in [-0.4, -0.2) is 49.3 Å². The predicted molar refractivity (Wildman–Crippen MR) is 89.1 cm³/mol. The molecule has 0 bridgehead atoms. The Balaban J connectivity index is 1.73. The Bertz CT molecular complexity index is 456. The minimum Gasteiger partial charge on any atom is -0.467 e. The number of hydrogen-bond donors (Lipinski definition) is 3. The summed E-state index contributed by atoms with van der Waals surface area (Å²) >= 11 is 0. The number of aliphatic hydroxyl groups excluding tert-OH is 1. The van der Waals surface area contributed by atoms with Crippen molar-refractivity contribution in [2.24, 2.45) is 5.92 Å². The van der Waals surface area contributed by atoms with Gasteiger partial charge in [-0.2, -0.15) is 0 Å². The van der Waals surface area contributed by atoms with Gasteiger partial charge in [-0.1, -0.05) is 19.3 Å². The average molecular weight is 323 g/mol. The molecule has 23 heavy (non-hydrogen) atoms. The topological polar surface area (TPSA) is 77.7 Å². The Hall–Kier alpha value is -1.53. The second kappa shape index (κ2) is 8.93. The molecule has 1 aliphatic rings. The molecule has 1 aromatic heterocycles. The van der Waals surface area contributed by atoms with Gasteiger partial charge in [0.1, 0.15) is 11.9 Å². The van der Waals surface area contributed by atoms with Crippen LogP contribution in [-0.2, 0) is 0 Å². The first-order chi connectivity index (χ1) is 11.1. The van der Waals surface area contributed by atoms with Crippen molar-refractivity contribution in [1.82, 2.24) is 15.5 Å². The van der Waals surface area contributed by atoms with Crippen molar-refractivity contribution >= 4 is 6.03 Å². The van der Waals surface area contributed by atoms with E-state index in [1.54, 1.807) is 12.1 Å². The molecule has 1 fully saturated rings. The maximum absolute atomic E-state index is 11.9. The summed E-state index contributed by atoms with van der Waals surface area (Å²) in [6.45, 7) is 0.760. The zero-order chi connectivity index (χ0) is 16.7. The molecule has 2 atom stereocenters. The molecule has 2 rings (SSSR count). The van der Waals surface area contributed by atoms with Gasteiger partial charge in [-0.3, -0.25) is 0 Å². The van der Waals surface area contributed by atoms with Crippen molar-refractivity contribution in [2.45, 2.75) is 44.2 Å². The average Bonchev–Trinajstić information content (AvgIpc) is 3.08. The zero-order valence-electron chi connectivity index (χ0n) is 14.1. The first kappa shape index (κ1) is 17.8. The van der Waals surface area contributed by atoms with E-state index in [1.165, 1.54) is 38.4 Å². The molecule has 1 saturated carbocycles. The zero-order valence-corrected chi connectivity index (χ0v) is 14.1. The fourth-order valence-corrected chi connectivity index (χ4v) is 3.32. The number of furan rings is 1. The second-order valence-electron chi connectivity index (χ2n) is 6.55. The molecule has 0 spiro atoms. The van der Waals surface area contributed by atoms with Gasteiger partial charge in [-0.05, 0) is 45.0 Å². The number of amides is 2. The monoisotopic (exact) mass is 323 g/mol. The fraction of sp³-hybridized carbons (Fsp3) is 0.706. The summed E-state index contributed by atoms with van der Waals surface area (Å²) in [5, 5.41) is 15.5. The van der Waals surface area contributed by atoms with Crippen molar-refractivity contribution in [3.05, 3.63) is 24.2 Å². The van der Waals surface area contributed by atoms with Gasteiger partial charge in [0.15, 0.2) is 0 Å². The smallest absolute Gasteiger partial charge is 0.314 e. The Morgan fingerprint density at radius 3 is 2.61 bits per heavy atom. The second-order valence-corrected chi connectivity index (χ2v) is 6.55. The van der Waals surface area contributed by atoms with Gasteiger partial charge in [0.25, 0.3) is 0 Å². The molecule has 2 unspecified atom stereocenters. The standard InChI is InChI=1S/C17H29N3O3/c1-20(2)14(13-7-4-3-5-8-13)11-18-17(22)19-12-15(21)16-9-6-10-23-16/h6,9-10,13-15,21H,3-5,7-8,11-12H2,1-2H3,(H2,18,19,22). The Morgan fingerprint density at radius 1 is 1.30 bits per heavy atom. The minimum absolute atomic E-state index is 0.134. The molecule has 0 radical (unpaired) electrons. The number of nitrogens with one attached hydrogen (secondary N) is 2. The molecule has 1 heterocycles. The predicted octanol–water partition coefficient (Wildman–Crippen LogP) is 2.12. The number of carbonyl (C=O) groups excluding carboxylic acids is 1. The van der Waals surface area contributed by atoms with Gasteiger partial charge in [0, 0.05) is 12.6 Å². The first-order valence-corrected chi connectivity index (χ1v) is 8.47. The highest BCUT2D eigenvalue weighted by Gasteiger charge is 2.25. The van der Waals surface area contributed by atoms with Crippen LogP contribution < -0.4 is 10.6 Å². The molecule has 130 valence electrons. The minimum atomic E-state index is -0.821. The van der Waals surface area contributed by atoms with E-state index in [-0.39, 0.29) is 12.6 Å². The lowest BCUT2D eigenvalue weighted by Crippen LogP contribution is -2.48. The van der Waals surface area contributed by atoms with E-state index in [9.17, 15) is 9.90 Å². The molecule has 2 amide bonds. The van der Waals surface area contributed by atoms with Gasteiger partial charge in [-0.25, -0.2) is 4.79 Å². The van der Waals surface area contributed by atoms with E-state index in [0.717, 1.165) is 0 Å². The van der Waals surface area contributed by atoms with E-state index in [1.807, 2.05) is 0 Å². The largest absolute Gasteiger partial charge is 0.467 e. The van der Waals surface area contributed by atoms with Gasteiger partial charge in [-0.15, -0.1) is 0 Å². The van der Waals surface area contributed by atoms with Crippen molar-refractivity contribution in [3.63, 3.8) is 0 Å². The van der Waals surface area contributed by atoms with Crippen LogP contribution in [0, 0.1) is 5.92 Å². The van der Waals surface area contributed by atoms with E-state index in [4.69, 9.17) is 4.42 Å². The van der Waals surface area contributed by atoms with Crippen LogP contribution in [0.25, 0.3) is 0 Å². The van der Waals surface area contributed by atoms with Crippen molar-refractivity contribution < 1.29 is 14.3 Å². The van der Waals surface area contributed by atoms with Crippen LogP contribution in [0.1, 0.15) is 44.0 Å². The van der Waals surface area contributed by atoms with Gasteiger partial charge in [0.05, 0.1) is 12.8 Å². The molecule has 6 nitrogen and oxygen atoms in total. The van der Waals surface area contributed by atoms with E-state index in [0.29, 0.717) is 24.3 Å². The maximum Gasteiger partial charge on any atom is 0.314 e. The molecule has 1 aliphatic carbocycles. The lowest BCUT2D eigenvalue weighted by atomic mass is 9.83. The lowest BCUT2D eigenvalue weighted by molar-refractivity contribution is 0.145. The summed E-state index contributed by atoms with van der Waals surface area (Å²) in [6, 6.07) is 3.51. The third-order valence-electron chi connectivity index (χ3n) is 4.66. The van der Waals surface area contributed by atoms with E-state index in [2.05, 4.69) is 29.6 Å². The van der Waals surface area contributed by atoms with Gasteiger partial charge < -0.3 is 25.1 Å². The Labute approximate surface area is 138 Å². The van der Waals surface area contributed by atoms with Crippen LogP contribution in [0.15, 0.2) is 22.8 Å². The quantitative estimate of drug-likeness (QED) is 0.718. The summed E-state index contributed by atoms with van der Waals surface area (Å²) in [7, 11) is 4.14. The first-order valence-electron chi connectivity index (χ1n) is 8.47. The lowest BCUT2D eigenvalue weighted by Gasteiger charge is -2.35. The fourth-order valence-electron chi connectivity index (χ4n) is 3.32. The summed E-state index contributed by atoms with van der Waals surface area (Å²) in [4.78, 5) is 14.1. The van der Waals surface area contributed by atoms with Crippen LogP contribution >= 0.6 is 0 Å². The molecule has 3 N–H and O–H groups in total. The normalized spacial score (nSPS) is 18.6. The summed E-state index contributed by atoms with van der Waals surface area (Å²) in [5.74, 6) is 1.10.